The zero-order valence-electron chi connectivity index (χ0n) is 15.6. The van der Waals surface area contributed by atoms with Gasteiger partial charge in [-0.25, -0.2) is 4.98 Å². The van der Waals surface area contributed by atoms with Crippen molar-refractivity contribution in [3.8, 4) is 22.9 Å². The smallest absolute Gasteiger partial charge is 0.262 e. The number of carbonyl (C=O) groups excluding carboxylic acids is 1. The highest BCUT2D eigenvalue weighted by atomic mass is 35.5. The number of imidazole rings is 1. The minimum atomic E-state index is -0.251. The van der Waals surface area contributed by atoms with Gasteiger partial charge in [0.1, 0.15) is 17.3 Å². The maximum Gasteiger partial charge on any atom is 0.262 e. The number of methoxy groups -OCH3 is 1. The number of aromatic amines is 1. The Morgan fingerprint density at radius 2 is 1.90 bits per heavy atom. The maximum absolute atomic E-state index is 12.1. The molecular formula is C22H18ClN3O3. The van der Waals surface area contributed by atoms with Crippen molar-refractivity contribution in [2.75, 3.05) is 19.0 Å². The van der Waals surface area contributed by atoms with E-state index in [1.807, 2.05) is 30.3 Å². The highest BCUT2D eigenvalue weighted by Crippen LogP contribution is 2.25. The molecule has 0 bridgehead atoms. The van der Waals surface area contributed by atoms with Crippen molar-refractivity contribution < 1.29 is 14.3 Å². The summed E-state index contributed by atoms with van der Waals surface area (Å²) in [6.45, 7) is -0.106. The van der Waals surface area contributed by atoms with Crippen LogP contribution < -0.4 is 14.8 Å². The van der Waals surface area contributed by atoms with Crippen LogP contribution in [0.2, 0.25) is 5.02 Å². The fourth-order valence-electron chi connectivity index (χ4n) is 2.87. The number of fused-ring (bicyclic) bond motifs is 1. The SMILES string of the molecule is COc1ccc(NC(=O)COc2cccc(-c3nc4ccc(Cl)cc4[nH]3)c2)cc1. The third-order valence-electron chi connectivity index (χ3n) is 4.30. The lowest BCUT2D eigenvalue weighted by Gasteiger charge is -2.09. The third-order valence-corrected chi connectivity index (χ3v) is 4.53. The third kappa shape index (κ3) is 4.50. The van der Waals surface area contributed by atoms with Crippen LogP contribution in [0.15, 0.2) is 66.7 Å². The Kier molecular flexibility index (Phi) is 5.35. The Morgan fingerprint density at radius 1 is 1.07 bits per heavy atom. The van der Waals surface area contributed by atoms with Crippen LogP contribution in [0.3, 0.4) is 0 Å². The molecule has 0 saturated carbocycles. The minimum absolute atomic E-state index is 0.106. The van der Waals surface area contributed by atoms with Crippen LogP contribution in [0.4, 0.5) is 5.69 Å². The summed E-state index contributed by atoms with van der Waals surface area (Å²) in [4.78, 5) is 20.0. The second-order valence-electron chi connectivity index (χ2n) is 6.34. The molecule has 0 unspecified atom stereocenters. The van der Waals surface area contributed by atoms with Crippen molar-refractivity contribution in [3.05, 3.63) is 71.8 Å². The van der Waals surface area contributed by atoms with E-state index in [0.29, 0.717) is 22.3 Å². The molecule has 3 aromatic carbocycles. The van der Waals surface area contributed by atoms with Crippen LogP contribution in [-0.2, 0) is 4.79 Å². The molecular weight excluding hydrogens is 390 g/mol. The number of nitrogens with one attached hydrogen (secondary N) is 2. The Labute approximate surface area is 172 Å². The zero-order chi connectivity index (χ0) is 20.2. The topological polar surface area (TPSA) is 76.2 Å². The first kappa shape index (κ1) is 18.8. The quantitative estimate of drug-likeness (QED) is 0.476. The summed E-state index contributed by atoms with van der Waals surface area (Å²) < 4.78 is 10.7. The van der Waals surface area contributed by atoms with Gasteiger partial charge in [-0.15, -0.1) is 0 Å². The second kappa shape index (κ2) is 8.24. The van der Waals surface area contributed by atoms with E-state index in [9.17, 15) is 4.79 Å². The molecule has 0 atom stereocenters. The number of rotatable bonds is 6. The first-order valence-electron chi connectivity index (χ1n) is 8.93. The molecule has 0 aliphatic rings. The molecule has 1 heterocycles. The molecule has 7 heteroatoms. The monoisotopic (exact) mass is 407 g/mol. The number of benzene rings is 3. The normalized spacial score (nSPS) is 10.7. The second-order valence-corrected chi connectivity index (χ2v) is 6.78. The maximum atomic E-state index is 12.1. The Bertz CT molecular complexity index is 1160. The van der Waals surface area contributed by atoms with Gasteiger partial charge in [0.2, 0.25) is 0 Å². The average molecular weight is 408 g/mol. The summed E-state index contributed by atoms with van der Waals surface area (Å²) in [6, 6.07) is 20.0. The summed E-state index contributed by atoms with van der Waals surface area (Å²) in [6.07, 6.45) is 0. The van der Waals surface area contributed by atoms with Gasteiger partial charge in [-0.1, -0.05) is 23.7 Å². The molecule has 0 fully saturated rings. The number of carbonyl (C=O) groups is 1. The molecule has 2 N–H and O–H groups in total. The number of halogens is 1. The van der Waals surface area contributed by atoms with Crippen molar-refractivity contribution in [1.82, 2.24) is 9.97 Å². The van der Waals surface area contributed by atoms with E-state index in [0.717, 1.165) is 22.3 Å². The van der Waals surface area contributed by atoms with Crippen molar-refractivity contribution in [2.24, 2.45) is 0 Å². The van der Waals surface area contributed by atoms with Gasteiger partial charge in [-0.2, -0.15) is 0 Å². The molecule has 0 aliphatic carbocycles. The van der Waals surface area contributed by atoms with E-state index in [4.69, 9.17) is 21.1 Å². The minimum Gasteiger partial charge on any atom is -0.497 e. The van der Waals surface area contributed by atoms with Gasteiger partial charge in [0.05, 0.1) is 18.1 Å². The van der Waals surface area contributed by atoms with Crippen LogP contribution in [0.1, 0.15) is 0 Å². The molecule has 0 aliphatic heterocycles. The number of aromatic nitrogens is 2. The van der Waals surface area contributed by atoms with Gasteiger partial charge in [0.15, 0.2) is 6.61 Å². The van der Waals surface area contributed by atoms with E-state index in [1.165, 1.54) is 0 Å². The zero-order valence-corrected chi connectivity index (χ0v) is 16.4. The molecule has 6 nitrogen and oxygen atoms in total. The molecule has 0 spiro atoms. The molecule has 146 valence electrons. The number of anilines is 1. The largest absolute Gasteiger partial charge is 0.497 e. The van der Waals surface area contributed by atoms with Crippen molar-refractivity contribution in [1.29, 1.82) is 0 Å². The summed E-state index contributed by atoms with van der Waals surface area (Å²) >= 11 is 6.03. The Morgan fingerprint density at radius 3 is 2.69 bits per heavy atom. The summed E-state index contributed by atoms with van der Waals surface area (Å²) in [5.41, 5.74) is 3.21. The lowest BCUT2D eigenvalue weighted by molar-refractivity contribution is -0.118. The predicted octanol–water partition coefficient (Wildman–Crippen LogP) is 4.91. The lowest BCUT2D eigenvalue weighted by atomic mass is 10.2. The van der Waals surface area contributed by atoms with Gasteiger partial charge >= 0.3 is 0 Å². The van der Waals surface area contributed by atoms with Crippen molar-refractivity contribution in [2.45, 2.75) is 0 Å². The van der Waals surface area contributed by atoms with E-state index < -0.39 is 0 Å². The Hall–Kier alpha value is -3.51. The number of hydrogen-bond donors (Lipinski definition) is 2. The molecule has 4 aromatic rings. The molecule has 4 rings (SSSR count). The highest BCUT2D eigenvalue weighted by molar-refractivity contribution is 6.31. The van der Waals surface area contributed by atoms with E-state index >= 15 is 0 Å². The summed E-state index contributed by atoms with van der Waals surface area (Å²) in [7, 11) is 1.59. The van der Waals surface area contributed by atoms with Gasteiger partial charge in [0.25, 0.3) is 5.91 Å². The molecule has 1 amide bonds. The van der Waals surface area contributed by atoms with E-state index in [-0.39, 0.29) is 12.5 Å². The van der Waals surface area contributed by atoms with Crippen molar-refractivity contribution >= 4 is 34.2 Å². The summed E-state index contributed by atoms with van der Waals surface area (Å²) in [5, 5.41) is 3.43. The molecule has 0 saturated heterocycles. The summed E-state index contributed by atoms with van der Waals surface area (Å²) in [5.74, 6) is 1.75. The predicted molar refractivity (Wildman–Crippen MR) is 114 cm³/mol. The standard InChI is InChI=1S/C22H18ClN3O3/c1-28-17-8-6-16(7-9-17)24-21(27)13-29-18-4-2-3-14(11-18)22-25-19-10-5-15(23)12-20(19)26-22/h2-12H,13H2,1H3,(H,24,27)(H,25,26). The number of H-pyrrole nitrogens is 1. The van der Waals surface area contributed by atoms with Crippen LogP contribution in [0.25, 0.3) is 22.4 Å². The number of nitrogens with zero attached hydrogens (tertiary/aromatic N) is 1. The van der Waals surface area contributed by atoms with E-state index in [1.54, 1.807) is 43.5 Å². The van der Waals surface area contributed by atoms with Crippen LogP contribution >= 0.6 is 11.6 Å². The molecule has 29 heavy (non-hydrogen) atoms. The van der Waals surface area contributed by atoms with E-state index in [2.05, 4.69) is 15.3 Å². The highest BCUT2D eigenvalue weighted by Gasteiger charge is 2.08. The first-order chi connectivity index (χ1) is 14.1. The number of ether oxygens (including phenoxy) is 2. The first-order valence-corrected chi connectivity index (χ1v) is 9.31. The Balaban J connectivity index is 1.42. The molecule has 1 aromatic heterocycles. The van der Waals surface area contributed by atoms with Gasteiger partial charge in [-0.05, 0) is 54.6 Å². The van der Waals surface area contributed by atoms with Crippen LogP contribution in [0.5, 0.6) is 11.5 Å². The fraction of sp³-hybridized carbons (Fsp3) is 0.0909. The van der Waals surface area contributed by atoms with Crippen LogP contribution in [-0.4, -0.2) is 29.6 Å². The van der Waals surface area contributed by atoms with Crippen molar-refractivity contribution in [3.63, 3.8) is 0 Å². The lowest BCUT2D eigenvalue weighted by Crippen LogP contribution is -2.20. The van der Waals surface area contributed by atoms with Gasteiger partial charge in [0, 0.05) is 16.3 Å². The van der Waals surface area contributed by atoms with Gasteiger partial charge in [-0.3, -0.25) is 4.79 Å². The fourth-order valence-corrected chi connectivity index (χ4v) is 3.04. The number of amides is 1. The van der Waals surface area contributed by atoms with Gasteiger partial charge < -0.3 is 19.8 Å². The average Bonchev–Trinajstić information content (AvgIpc) is 3.16. The molecule has 0 radical (unpaired) electrons. The number of hydrogen-bond acceptors (Lipinski definition) is 4. The van der Waals surface area contributed by atoms with Crippen LogP contribution in [0, 0.1) is 0 Å².